The summed E-state index contributed by atoms with van der Waals surface area (Å²) in [7, 11) is 0. The van der Waals surface area contributed by atoms with Gasteiger partial charge in [-0.2, -0.15) is 0 Å². The summed E-state index contributed by atoms with van der Waals surface area (Å²) in [6, 6.07) is 2.57. The van der Waals surface area contributed by atoms with Crippen molar-refractivity contribution in [3.63, 3.8) is 0 Å². The number of allylic oxidation sites excluding steroid dienone is 1. The van der Waals surface area contributed by atoms with Crippen LogP contribution in [0, 0.1) is 20.8 Å². The average Bonchev–Trinajstić information content (AvgIpc) is 2.38. The molecule has 1 atom stereocenters. The highest BCUT2D eigenvalue weighted by Gasteiger charge is 2.13. The third-order valence-electron chi connectivity index (χ3n) is 4.30. The van der Waals surface area contributed by atoms with Crippen LogP contribution in [0.2, 0.25) is 0 Å². The minimum Gasteiger partial charge on any atom is -0.310 e. The summed E-state index contributed by atoms with van der Waals surface area (Å²) in [6.45, 7) is 9.70. The molecule has 1 aromatic rings. The summed E-state index contributed by atoms with van der Waals surface area (Å²) < 4.78 is 0. The first-order valence-corrected chi connectivity index (χ1v) is 7.94. The lowest BCUT2D eigenvalue weighted by atomic mass is 9.96. The Labute approximate surface area is 123 Å². The van der Waals surface area contributed by atoms with E-state index in [2.05, 4.69) is 50.1 Å². The monoisotopic (exact) mass is 272 g/mol. The van der Waals surface area contributed by atoms with Gasteiger partial charge in [0.25, 0.3) is 0 Å². The summed E-state index contributed by atoms with van der Waals surface area (Å²) >= 11 is 0. The van der Waals surface area contributed by atoms with Gasteiger partial charge in [-0.3, -0.25) is 4.98 Å². The maximum atomic E-state index is 4.60. The van der Waals surface area contributed by atoms with Crippen molar-refractivity contribution in [2.45, 2.75) is 65.8 Å². The second-order valence-electron chi connectivity index (χ2n) is 6.11. The van der Waals surface area contributed by atoms with Crippen molar-refractivity contribution in [3.8, 4) is 0 Å². The van der Waals surface area contributed by atoms with E-state index in [1.807, 2.05) is 0 Å². The summed E-state index contributed by atoms with van der Waals surface area (Å²) in [6.07, 6.45) is 8.98. The van der Waals surface area contributed by atoms with Crippen LogP contribution in [0.1, 0.15) is 67.6 Å². The molecular formula is C18H28N2. The van der Waals surface area contributed by atoms with Crippen molar-refractivity contribution in [1.29, 1.82) is 0 Å². The second kappa shape index (κ2) is 7.03. The minimum atomic E-state index is 0.382. The molecule has 2 heteroatoms. The number of aryl methyl sites for hydroxylation is 3. The summed E-state index contributed by atoms with van der Waals surface area (Å²) in [4.78, 5) is 4.60. The molecule has 0 amide bonds. The van der Waals surface area contributed by atoms with Gasteiger partial charge in [0.05, 0.1) is 0 Å². The van der Waals surface area contributed by atoms with Crippen molar-refractivity contribution in [2.75, 3.05) is 6.54 Å². The number of hydrogen-bond acceptors (Lipinski definition) is 2. The van der Waals surface area contributed by atoms with Crippen LogP contribution in [0.4, 0.5) is 0 Å². The number of pyridine rings is 1. The lowest BCUT2D eigenvalue weighted by Crippen LogP contribution is -2.22. The minimum absolute atomic E-state index is 0.382. The number of hydrogen-bond donors (Lipinski definition) is 1. The molecule has 2 rings (SSSR count). The van der Waals surface area contributed by atoms with Gasteiger partial charge in [-0.15, -0.1) is 0 Å². The first-order chi connectivity index (χ1) is 9.58. The van der Waals surface area contributed by atoms with Crippen LogP contribution < -0.4 is 5.32 Å². The molecule has 20 heavy (non-hydrogen) atoms. The normalized spacial score (nSPS) is 16.9. The first kappa shape index (κ1) is 15.2. The van der Waals surface area contributed by atoms with Crippen LogP contribution in [0.15, 0.2) is 17.7 Å². The van der Waals surface area contributed by atoms with Gasteiger partial charge < -0.3 is 5.32 Å². The zero-order valence-electron chi connectivity index (χ0n) is 13.4. The molecule has 2 nitrogen and oxygen atoms in total. The smallest absolute Gasteiger partial charge is 0.0426 e. The van der Waals surface area contributed by atoms with Gasteiger partial charge in [0.1, 0.15) is 0 Å². The standard InChI is InChI=1S/C18H28N2/c1-13-12-14(2)20-16(4)18(13)15(3)19-11-10-17-8-6-5-7-9-17/h8,12,15,19H,5-7,9-11H2,1-4H3. The molecule has 0 saturated carbocycles. The molecule has 1 aliphatic rings. The van der Waals surface area contributed by atoms with E-state index in [1.165, 1.54) is 48.9 Å². The molecule has 1 N–H and O–H groups in total. The van der Waals surface area contributed by atoms with Crippen LogP contribution in [0.25, 0.3) is 0 Å². The molecule has 0 spiro atoms. The Morgan fingerprint density at radius 3 is 2.70 bits per heavy atom. The lowest BCUT2D eigenvalue weighted by molar-refractivity contribution is 0.556. The Morgan fingerprint density at radius 2 is 2.05 bits per heavy atom. The topological polar surface area (TPSA) is 24.9 Å². The van der Waals surface area contributed by atoms with Crippen molar-refractivity contribution in [3.05, 3.63) is 40.2 Å². The SMILES string of the molecule is Cc1cc(C)c(C(C)NCCC2=CCCCC2)c(C)n1. The highest BCUT2D eigenvalue weighted by atomic mass is 14.9. The van der Waals surface area contributed by atoms with Crippen LogP contribution in [0.3, 0.4) is 0 Å². The zero-order valence-corrected chi connectivity index (χ0v) is 13.4. The Hall–Kier alpha value is -1.15. The Bertz CT molecular complexity index is 465. The second-order valence-corrected chi connectivity index (χ2v) is 6.11. The molecule has 0 aliphatic heterocycles. The molecular weight excluding hydrogens is 244 g/mol. The molecule has 0 saturated heterocycles. The van der Waals surface area contributed by atoms with E-state index in [4.69, 9.17) is 0 Å². The third-order valence-corrected chi connectivity index (χ3v) is 4.30. The molecule has 1 unspecified atom stereocenters. The average molecular weight is 272 g/mol. The number of nitrogens with zero attached hydrogens (tertiary/aromatic N) is 1. The molecule has 0 aromatic carbocycles. The summed E-state index contributed by atoms with van der Waals surface area (Å²) in [5, 5.41) is 3.67. The maximum absolute atomic E-state index is 4.60. The largest absolute Gasteiger partial charge is 0.310 e. The Kier molecular flexibility index (Phi) is 5.36. The van der Waals surface area contributed by atoms with E-state index >= 15 is 0 Å². The highest BCUT2D eigenvalue weighted by molar-refractivity contribution is 5.33. The molecule has 0 radical (unpaired) electrons. The maximum Gasteiger partial charge on any atom is 0.0426 e. The molecule has 1 aromatic heterocycles. The van der Waals surface area contributed by atoms with E-state index in [9.17, 15) is 0 Å². The van der Waals surface area contributed by atoms with E-state index in [1.54, 1.807) is 5.57 Å². The van der Waals surface area contributed by atoms with Crippen LogP contribution in [-0.4, -0.2) is 11.5 Å². The van der Waals surface area contributed by atoms with Gasteiger partial charge in [-0.05, 0) is 83.5 Å². The van der Waals surface area contributed by atoms with Crippen molar-refractivity contribution in [2.24, 2.45) is 0 Å². The number of rotatable bonds is 5. The van der Waals surface area contributed by atoms with E-state index in [0.717, 1.165) is 12.2 Å². The number of nitrogens with one attached hydrogen (secondary N) is 1. The predicted octanol–water partition coefficient (Wildman–Crippen LogP) is 4.55. The summed E-state index contributed by atoms with van der Waals surface area (Å²) in [5.74, 6) is 0. The number of aromatic nitrogens is 1. The predicted molar refractivity (Wildman–Crippen MR) is 86.0 cm³/mol. The lowest BCUT2D eigenvalue weighted by Gasteiger charge is -2.20. The van der Waals surface area contributed by atoms with E-state index in [0.29, 0.717) is 6.04 Å². The van der Waals surface area contributed by atoms with Crippen molar-refractivity contribution < 1.29 is 0 Å². The molecule has 0 bridgehead atoms. The van der Waals surface area contributed by atoms with E-state index < -0.39 is 0 Å². The molecule has 1 heterocycles. The van der Waals surface area contributed by atoms with Gasteiger partial charge in [-0.1, -0.05) is 11.6 Å². The highest BCUT2D eigenvalue weighted by Crippen LogP contribution is 2.22. The van der Waals surface area contributed by atoms with Crippen molar-refractivity contribution in [1.82, 2.24) is 10.3 Å². The van der Waals surface area contributed by atoms with Gasteiger partial charge in [0.2, 0.25) is 0 Å². The fourth-order valence-electron chi connectivity index (χ4n) is 3.37. The Balaban J connectivity index is 1.91. The molecule has 110 valence electrons. The van der Waals surface area contributed by atoms with E-state index in [-0.39, 0.29) is 0 Å². The fraction of sp³-hybridized carbons (Fsp3) is 0.611. The quantitative estimate of drug-likeness (QED) is 0.795. The van der Waals surface area contributed by atoms with Crippen LogP contribution in [0.5, 0.6) is 0 Å². The van der Waals surface area contributed by atoms with Crippen LogP contribution >= 0.6 is 0 Å². The molecule has 1 aliphatic carbocycles. The fourth-order valence-corrected chi connectivity index (χ4v) is 3.37. The third kappa shape index (κ3) is 3.92. The van der Waals surface area contributed by atoms with Gasteiger partial charge >= 0.3 is 0 Å². The Morgan fingerprint density at radius 1 is 1.25 bits per heavy atom. The van der Waals surface area contributed by atoms with Gasteiger partial charge in [-0.25, -0.2) is 0 Å². The first-order valence-electron chi connectivity index (χ1n) is 7.94. The van der Waals surface area contributed by atoms with Gasteiger partial charge in [0, 0.05) is 17.4 Å². The van der Waals surface area contributed by atoms with Crippen LogP contribution in [-0.2, 0) is 0 Å². The van der Waals surface area contributed by atoms with Crippen molar-refractivity contribution >= 4 is 0 Å². The van der Waals surface area contributed by atoms with Gasteiger partial charge in [0.15, 0.2) is 0 Å². The molecule has 0 fully saturated rings. The summed E-state index contributed by atoms with van der Waals surface area (Å²) in [5.41, 5.74) is 6.65. The zero-order chi connectivity index (χ0) is 14.5.